The Bertz CT molecular complexity index is 431. The van der Waals surface area contributed by atoms with E-state index in [2.05, 4.69) is 20.2 Å². The molecule has 0 aliphatic rings. The smallest absolute Gasteiger partial charge is 0.341 e. The van der Waals surface area contributed by atoms with Crippen molar-refractivity contribution < 1.29 is 19.5 Å². The molecule has 0 aliphatic carbocycles. The van der Waals surface area contributed by atoms with Crippen LogP contribution < -0.4 is 5.32 Å². The molecule has 0 atom stereocenters. The van der Waals surface area contributed by atoms with Crippen LogP contribution in [0.4, 0.5) is 5.82 Å². The van der Waals surface area contributed by atoms with Gasteiger partial charge in [-0.05, 0) is 12.1 Å². The Kier molecular flexibility index (Phi) is 3.96. The van der Waals surface area contributed by atoms with Gasteiger partial charge in [-0.25, -0.2) is 9.78 Å². The highest BCUT2D eigenvalue weighted by Crippen LogP contribution is 2.13. The maximum absolute atomic E-state index is 11.3. The molecule has 1 aromatic rings. The van der Waals surface area contributed by atoms with Crippen molar-refractivity contribution in [3.63, 3.8) is 0 Å². The average Bonchev–Trinajstić information content (AvgIpc) is 2.29. The molecule has 7 heteroatoms. The molecule has 0 spiro atoms. The molecule has 0 saturated carbocycles. The lowest BCUT2D eigenvalue weighted by Crippen LogP contribution is -2.10. The van der Waals surface area contributed by atoms with Gasteiger partial charge in [0.15, 0.2) is 0 Å². The normalized spacial score (nSPS) is 10.1. The van der Waals surface area contributed by atoms with Gasteiger partial charge in [-0.3, -0.25) is 4.79 Å². The van der Waals surface area contributed by atoms with E-state index in [-0.39, 0.29) is 11.4 Å². The summed E-state index contributed by atoms with van der Waals surface area (Å²) in [7, 11) is 1.22. The Morgan fingerprint density at radius 1 is 1.62 bits per heavy atom. The lowest BCUT2D eigenvalue weighted by atomic mass is 10.2. The van der Waals surface area contributed by atoms with Gasteiger partial charge in [0.2, 0.25) is 6.41 Å². The second-order valence-electron chi connectivity index (χ2n) is 2.63. The fraction of sp³-hybridized carbons (Fsp3) is 0.111. The minimum Gasteiger partial charge on any atom is -0.465 e. The molecule has 84 valence electrons. The number of ether oxygens (including phenoxy) is 1. The number of oxime groups is 1. The quantitative estimate of drug-likeness (QED) is 0.250. The van der Waals surface area contributed by atoms with Crippen molar-refractivity contribution in [2.24, 2.45) is 5.16 Å². The van der Waals surface area contributed by atoms with Gasteiger partial charge in [0.25, 0.3) is 0 Å². The molecule has 1 aromatic heterocycles. The Hall–Kier alpha value is -2.44. The maximum atomic E-state index is 11.3. The molecule has 2 N–H and O–H groups in total. The monoisotopic (exact) mass is 223 g/mol. The van der Waals surface area contributed by atoms with Gasteiger partial charge in [-0.15, -0.1) is 0 Å². The van der Waals surface area contributed by atoms with Crippen molar-refractivity contribution in [1.29, 1.82) is 0 Å². The summed E-state index contributed by atoms with van der Waals surface area (Å²) in [6.45, 7) is 0. The number of rotatable bonds is 4. The number of nitrogens with one attached hydrogen (secondary N) is 1. The van der Waals surface area contributed by atoms with E-state index in [1.54, 1.807) is 0 Å². The average molecular weight is 223 g/mol. The molecule has 1 rings (SSSR count). The number of pyridine rings is 1. The Balaban J connectivity index is 3.18. The second kappa shape index (κ2) is 5.44. The van der Waals surface area contributed by atoms with Gasteiger partial charge in [0.05, 0.1) is 19.0 Å². The summed E-state index contributed by atoms with van der Waals surface area (Å²) in [6, 6.07) is 2.85. The van der Waals surface area contributed by atoms with Crippen LogP contribution in [-0.2, 0) is 9.53 Å². The van der Waals surface area contributed by atoms with Crippen LogP contribution in [0, 0.1) is 0 Å². The summed E-state index contributed by atoms with van der Waals surface area (Å²) < 4.78 is 4.51. The largest absolute Gasteiger partial charge is 0.465 e. The number of methoxy groups -OCH3 is 1. The van der Waals surface area contributed by atoms with Crippen molar-refractivity contribution in [2.75, 3.05) is 12.4 Å². The summed E-state index contributed by atoms with van der Waals surface area (Å²) in [4.78, 5) is 25.5. The van der Waals surface area contributed by atoms with Crippen molar-refractivity contribution in [3.05, 3.63) is 23.4 Å². The van der Waals surface area contributed by atoms with Crippen molar-refractivity contribution >= 4 is 24.4 Å². The summed E-state index contributed by atoms with van der Waals surface area (Å²) in [5.74, 6) is -0.580. The number of hydrogen-bond donors (Lipinski definition) is 2. The number of esters is 1. The van der Waals surface area contributed by atoms with Crippen molar-refractivity contribution in [2.45, 2.75) is 0 Å². The van der Waals surface area contributed by atoms with Gasteiger partial charge in [0.1, 0.15) is 11.4 Å². The summed E-state index contributed by atoms with van der Waals surface area (Å²) >= 11 is 0. The van der Waals surface area contributed by atoms with E-state index < -0.39 is 5.97 Å². The van der Waals surface area contributed by atoms with Gasteiger partial charge < -0.3 is 15.3 Å². The van der Waals surface area contributed by atoms with Crippen LogP contribution in [0.15, 0.2) is 17.3 Å². The summed E-state index contributed by atoms with van der Waals surface area (Å²) in [6.07, 6.45) is 1.45. The number of anilines is 1. The highest BCUT2D eigenvalue weighted by Gasteiger charge is 2.13. The van der Waals surface area contributed by atoms with E-state index in [9.17, 15) is 9.59 Å². The molecule has 0 fully saturated rings. The van der Waals surface area contributed by atoms with Gasteiger partial charge in [-0.1, -0.05) is 5.16 Å². The number of amides is 1. The number of hydrogen-bond acceptors (Lipinski definition) is 6. The first-order chi connectivity index (χ1) is 7.72. The molecule has 16 heavy (non-hydrogen) atoms. The zero-order chi connectivity index (χ0) is 12.0. The molecule has 0 aliphatic heterocycles. The summed E-state index contributed by atoms with van der Waals surface area (Å²) in [5, 5.41) is 13.3. The van der Waals surface area contributed by atoms with Crippen LogP contribution in [0.3, 0.4) is 0 Å². The van der Waals surface area contributed by atoms with Crippen LogP contribution in [0.2, 0.25) is 0 Å². The first-order valence-corrected chi connectivity index (χ1v) is 4.20. The minimum atomic E-state index is -0.621. The molecule has 7 nitrogen and oxygen atoms in total. The standard InChI is InChI=1S/C9H9N3O4/c1-16-9(14)7-3-2-6(4-11-15)12-8(7)10-5-13/h2-5,15H,1H3,(H,10,12,13)/b11-4-. The van der Waals surface area contributed by atoms with Crippen molar-refractivity contribution in [3.8, 4) is 0 Å². The van der Waals surface area contributed by atoms with Gasteiger partial charge >= 0.3 is 5.97 Å². The Morgan fingerprint density at radius 3 is 2.94 bits per heavy atom. The van der Waals surface area contributed by atoms with Crippen LogP contribution in [-0.4, -0.2) is 35.9 Å². The summed E-state index contributed by atoms with van der Waals surface area (Å²) in [5.41, 5.74) is 0.407. The number of nitrogens with zero attached hydrogens (tertiary/aromatic N) is 2. The third-order valence-electron chi connectivity index (χ3n) is 1.71. The molecule has 1 heterocycles. The van der Waals surface area contributed by atoms with E-state index in [0.29, 0.717) is 12.1 Å². The third kappa shape index (κ3) is 2.53. The Morgan fingerprint density at radius 2 is 2.38 bits per heavy atom. The first-order valence-electron chi connectivity index (χ1n) is 4.20. The molecule has 1 amide bonds. The predicted octanol–water partition coefficient (Wildman–Crippen LogP) is 0.245. The van der Waals surface area contributed by atoms with Gasteiger partial charge in [0, 0.05) is 0 Å². The number of carbonyl (C=O) groups is 2. The molecular formula is C9H9N3O4. The first kappa shape index (κ1) is 11.6. The number of aromatic nitrogens is 1. The lowest BCUT2D eigenvalue weighted by Gasteiger charge is -2.05. The van der Waals surface area contributed by atoms with E-state index in [1.165, 1.54) is 19.2 Å². The maximum Gasteiger partial charge on any atom is 0.341 e. The SMILES string of the molecule is COC(=O)c1ccc(/C=N\O)nc1NC=O. The lowest BCUT2D eigenvalue weighted by molar-refractivity contribution is -0.105. The molecule has 0 saturated heterocycles. The third-order valence-corrected chi connectivity index (χ3v) is 1.71. The number of carbonyl (C=O) groups excluding carboxylic acids is 2. The highest BCUT2D eigenvalue weighted by molar-refractivity contribution is 5.97. The Labute approximate surface area is 90.7 Å². The van der Waals surface area contributed by atoms with Crippen LogP contribution in [0.1, 0.15) is 16.1 Å². The van der Waals surface area contributed by atoms with Crippen LogP contribution in [0.5, 0.6) is 0 Å². The molecular weight excluding hydrogens is 214 g/mol. The van der Waals surface area contributed by atoms with E-state index in [4.69, 9.17) is 5.21 Å². The molecule has 0 aromatic carbocycles. The predicted molar refractivity (Wildman–Crippen MR) is 54.6 cm³/mol. The fourth-order valence-corrected chi connectivity index (χ4v) is 1.05. The fourth-order valence-electron chi connectivity index (χ4n) is 1.05. The molecule has 0 unspecified atom stereocenters. The van der Waals surface area contributed by atoms with E-state index in [1.807, 2.05) is 0 Å². The second-order valence-corrected chi connectivity index (χ2v) is 2.63. The van der Waals surface area contributed by atoms with Crippen molar-refractivity contribution in [1.82, 2.24) is 4.98 Å². The topological polar surface area (TPSA) is 101 Å². The molecule has 0 bridgehead atoms. The van der Waals surface area contributed by atoms with E-state index >= 15 is 0 Å². The zero-order valence-electron chi connectivity index (χ0n) is 8.38. The zero-order valence-corrected chi connectivity index (χ0v) is 8.38. The highest BCUT2D eigenvalue weighted by atomic mass is 16.5. The van der Waals surface area contributed by atoms with Gasteiger partial charge in [-0.2, -0.15) is 0 Å². The van der Waals surface area contributed by atoms with Crippen LogP contribution >= 0.6 is 0 Å². The van der Waals surface area contributed by atoms with Crippen LogP contribution in [0.25, 0.3) is 0 Å². The van der Waals surface area contributed by atoms with E-state index in [0.717, 1.165) is 6.21 Å². The minimum absolute atomic E-state index is 0.0410. The molecule has 0 radical (unpaired) electrons.